The van der Waals surface area contributed by atoms with Crippen LogP contribution in [0.4, 0.5) is 0 Å². The molecule has 1 fully saturated rings. The zero-order chi connectivity index (χ0) is 17.1. The van der Waals surface area contributed by atoms with Crippen LogP contribution in [0.2, 0.25) is 0 Å². The fourth-order valence-corrected chi connectivity index (χ4v) is 3.09. The summed E-state index contributed by atoms with van der Waals surface area (Å²) in [7, 11) is 0. The number of aryl methyl sites for hydroxylation is 1. The van der Waals surface area contributed by atoms with Gasteiger partial charge in [-0.25, -0.2) is 9.97 Å². The Balaban J connectivity index is 1.75. The van der Waals surface area contributed by atoms with Crippen molar-refractivity contribution in [3.8, 4) is 28.4 Å². The topological polar surface area (TPSA) is 75.7 Å². The van der Waals surface area contributed by atoms with Gasteiger partial charge < -0.3 is 10.1 Å². The van der Waals surface area contributed by atoms with E-state index in [2.05, 4.69) is 56.7 Å². The largest absolute Gasteiger partial charge is 0.473 e. The number of benzene rings is 1. The van der Waals surface area contributed by atoms with Gasteiger partial charge in [0.25, 0.3) is 0 Å². The Bertz CT molecular complexity index is 823. The Hall–Kier alpha value is -2.73. The maximum absolute atomic E-state index is 6.22. The normalized spacial score (nSPS) is 15.2. The first-order valence-electron chi connectivity index (χ1n) is 8.60. The van der Waals surface area contributed by atoms with E-state index in [0.717, 1.165) is 48.4 Å². The van der Waals surface area contributed by atoms with Crippen molar-refractivity contribution in [1.29, 1.82) is 0 Å². The van der Waals surface area contributed by atoms with Crippen LogP contribution in [0.5, 0.6) is 5.88 Å². The molecule has 0 atom stereocenters. The molecule has 1 saturated heterocycles. The van der Waals surface area contributed by atoms with E-state index in [1.165, 1.54) is 5.56 Å². The Labute approximate surface area is 146 Å². The van der Waals surface area contributed by atoms with Crippen molar-refractivity contribution in [2.45, 2.75) is 25.9 Å². The molecule has 1 aliphatic rings. The minimum absolute atomic E-state index is 0.177. The first kappa shape index (κ1) is 15.8. The molecular weight excluding hydrogens is 314 g/mol. The van der Waals surface area contributed by atoms with E-state index in [1.54, 1.807) is 12.5 Å². The maximum atomic E-state index is 6.22. The Kier molecular flexibility index (Phi) is 4.43. The molecule has 6 nitrogen and oxygen atoms in total. The lowest BCUT2D eigenvalue weighted by molar-refractivity contribution is 0.156. The van der Waals surface area contributed by atoms with E-state index < -0.39 is 0 Å². The lowest BCUT2D eigenvalue weighted by atomic mass is 10.0. The quantitative estimate of drug-likeness (QED) is 0.766. The molecule has 128 valence electrons. The van der Waals surface area contributed by atoms with Crippen molar-refractivity contribution >= 4 is 0 Å². The molecule has 0 spiro atoms. The predicted octanol–water partition coefficient (Wildman–Crippen LogP) is 2.97. The minimum Gasteiger partial charge on any atom is -0.473 e. The SMILES string of the molecule is Cc1ccc(-c2[nH]nc(OC3CCNCC3)c2-c2ccncn2)cc1. The second-order valence-corrected chi connectivity index (χ2v) is 6.31. The summed E-state index contributed by atoms with van der Waals surface area (Å²) in [4.78, 5) is 8.44. The number of rotatable bonds is 4. The molecule has 0 bridgehead atoms. The monoisotopic (exact) mass is 335 g/mol. The van der Waals surface area contributed by atoms with Crippen LogP contribution in [0, 0.1) is 6.92 Å². The van der Waals surface area contributed by atoms with Crippen LogP contribution in [0.15, 0.2) is 42.9 Å². The fourth-order valence-electron chi connectivity index (χ4n) is 3.09. The first-order chi connectivity index (χ1) is 12.3. The second kappa shape index (κ2) is 7.03. The molecule has 0 aliphatic carbocycles. The van der Waals surface area contributed by atoms with Gasteiger partial charge in [0.1, 0.15) is 12.4 Å². The van der Waals surface area contributed by atoms with Crippen molar-refractivity contribution in [2.24, 2.45) is 0 Å². The van der Waals surface area contributed by atoms with Gasteiger partial charge in [-0.2, -0.15) is 0 Å². The van der Waals surface area contributed by atoms with Crippen LogP contribution in [0.1, 0.15) is 18.4 Å². The van der Waals surface area contributed by atoms with E-state index in [9.17, 15) is 0 Å². The lowest BCUT2D eigenvalue weighted by Crippen LogP contribution is -2.34. The number of H-pyrrole nitrogens is 1. The van der Waals surface area contributed by atoms with E-state index >= 15 is 0 Å². The summed E-state index contributed by atoms with van der Waals surface area (Å²) in [5.41, 5.74) is 4.90. The molecule has 2 aromatic heterocycles. The predicted molar refractivity (Wildman–Crippen MR) is 96.3 cm³/mol. The summed E-state index contributed by atoms with van der Waals surface area (Å²) < 4.78 is 6.22. The number of aromatic nitrogens is 4. The standard InChI is InChI=1S/C19H21N5O/c1-13-2-4-14(5-3-13)18-17(16-8-11-21-12-22-16)19(24-23-18)25-15-6-9-20-10-7-15/h2-5,8,11-12,15,20H,6-7,9-10H2,1H3,(H,23,24). The molecule has 2 N–H and O–H groups in total. The summed E-state index contributed by atoms with van der Waals surface area (Å²) in [6.45, 7) is 4.03. The molecule has 3 aromatic rings. The Morgan fingerprint density at radius 2 is 1.88 bits per heavy atom. The highest BCUT2D eigenvalue weighted by Crippen LogP contribution is 2.37. The van der Waals surface area contributed by atoms with Crippen molar-refractivity contribution in [2.75, 3.05) is 13.1 Å². The van der Waals surface area contributed by atoms with Gasteiger partial charge in [0.15, 0.2) is 0 Å². The highest BCUT2D eigenvalue weighted by molar-refractivity contribution is 5.82. The van der Waals surface area contributed by atoms with Crippen LogP contribution in [-0.2, 0) is 0 Å². The van der Waals surface area contributed by atoms with Gasteiger partial charge in [0, 0.05) is 11.8 Å². The van der Waals surface area contributed by atoms with Crippen LogP contribution in [0.25, 0.3) is 22.5 Å². The Morgan fingerprint density at radius 3 is 2.60 bits per heavy atom. The molecule has 0 unspecified atom stereocenters. The number of hydrogen-bond donors (Lipinski definition) is 2. The highest BCUT2D eigenvalue weighted by atomic mass is 16.5. The molecule has 0 saturated carbocycles. The molecule has 0 radical (unpaired) electrons. The number of nitrogens with zero attached hydrogens (tertiary/aromatic N) is 3. The molecular formula is C19H21N5O. The molecule has 4 rings (SSSR count). The van der Waals surface area contributed by atoms with E-state index in [1.807, 2.05) is 6.07 Å². The van der Waals surface area contributed by atoms with E-state index in [-0.39, 0.29) is 6.10 Å². The van der Waals surface area contributed by atoms with Crippen LogP contribution >= 0.6 is 0 Å². The van der Waals surface area contributed by atoms with E-state index in [4.69, 9.17) is 4.74 Å². The van der Waals surface area contributed by atoms with Gasteiger partial charge >= 0.3 is 0 Å². The summed E-state index contributed by atoms with van der Waals surface area (Å²) in [5.74, 6) is 0.612. The summed E-state index contributed by atoms with van der Waals surface area (Å²) in [5, 5.41) is 11.0. The van der Waals surface area contributed by atoms with Crippen LogP contribution in [-0.4, -0.2) is 39.4 Å². The zero-order valence-electron chi connectivity index (χ0n) is 14.2. The number of ether oxygens (including phenoxy) is 1. The van der Waals surface area contributed by atoms with Gasteiger partial charge in [-0.15, -0.1) is 5.10 Å². The maximum Gasteiger partial charge on any atom is 0.243 e. The van der Waals surface area contributed by atoms with Gasteiger partial charge in [0.2, 0.25) is 5.88 Å². The van der Waals surface area contributed by atoms with Crippen LogP contribution in [0.3, 0.4) is 0 Å². The molecule has 25 heavy (non-hydrogen) atoms. The van der Waals surface area contributed by atoms with Crippen molar-refractivity contribution in [1.82, 2.24) is 25.5 Å². The smallest absolute Gasteiger partial charge is 0.243 e. The zero-order valence-corrected chi connectivity index (χ0v) is 14.2. The highest BCUT2D eigenvalue weighted by Gasteiger charge is 2.23. The molecule has 1 aromatic carbocycles. The first-order valence-corrected chi connectivity index (χ1v) is 8.60. The van der Waals surface area contributed by atoms with Crippen molar-refractivity contribution in [3.63, 3.8) is 0 Å². The second-order valence-electron chi connectivity index (χ2n) is 6.31. The molecule has 6 heteroatoms. The summed E-state index contributed by atoms with van der Waals surface area (Å²) >= 11 is 0. The van der Waals surface area contributed by atoms with Gasteiger partial charge in [-0.05, 0) is 38.9 Å². The fraction of sp³-hybridized carbons (Fsp3) is 0.316. The number of aromatic amines is 1. The third-order valence-corrected chi connectivity index (χ3v) is 4.48. The Morgan fingerprint density at radius 1 is 1.08 bits per heavy atom. The van der Waals surface area contributed by atoms with Gasteiger partial charge in [0.05, 0.1) is 17.0 Å². The summed E-state index contributed by atoms with van der Waals surface area (Å²) in [6, 6.07) is 10.2. The third-order valence-electron chi connectivity index (χ3n) is 4.48. The van der Waals surface area contributed by atoms with E-state index in [0.29, 0.717) is 5.88 Å². The molecule has 1 aliphatic heterocycles. The third kappa shape index (κ3) is 3.39. The number of hydrogen-bond acceptors (Lipinski definition) is 5. The molecule has 0 amide bonds. The van der Waals surface area contributed by atoms with Gasteiger partial charge in [-0.3, -0.25) is 5.10 Å². The average molecular weight is 335 g/mol. The number of nitrogens with one attached hydrogen (secondary N) is 2. The number of piperidine rings is 1. The lowest BCUT2D eigenvalue weighted by Gasteiger charge is -2.23. The van der Waals surface area contributed by atoms with Crippen molar-refractivity contribution in [3.05, 3.63) is 48.4 Å². The average Bonchev–Trinajstić information content (AvgIpc) is 3.07. The minimum atomic E-state index is 0.177. The summed E-state index contributed by atoms with van der Waals surface area (Å²) in [6.07, 6.45) is 5.43. The van der Waals surface area contributed by atoms with Crippen LogP contribution < -0.4 is 10.1 Å². The van der Waals surface area contributed by atoms with Gasteiger partial charge in [-0.1, -0.05) is 29.8 Å². The van der Waals surface area contributed by atoms with Crippen molar-refractivity contribution < 1.29 is 4.74 Å². The molecule has 3 heterocycles.